The minimum atomic E-state index is 0.177. The summed E-state index contributed by atoms with van der Waals surface area (Å²) >= 11 is 1.60. The summed E-state index contributed by atoms with van der Waals surface area (Å²) in [5.41, 5.74) is 3.36. The number of aromatic nitrogens is 2. The molecule has 0 bridgehead atoms. The van der Waals surface area contributed by atoms with E-state index in [9.17, 15) is 0 Å². The molecule has 1 unspecified atom stereocenters. The number of hydrogen-bond acceptors (Lipinski definition) is 4. The third kappa shape index (κ3) is 2.23. The van der Waals surface area contributed by atoms with Crippen molar-refractivity contribution in [3.63, 3.8) is 0 Å². The number of amidine groups is 1. The molecule has 5 heteroatoms. The number of aliphatic imine (C=N–C) groups is 2. The zero-order chi connectivity index (χ0) is 13.3. The molecule has 4 nitrogen and oxygen atoms in total. The maximum Gasteiger partial charge on any atom is 0.183 e. The predicted molar refractivity (Wildman–Crippen MR) is 78.8 cm³/mol. The first kappa shape index (κ1) is 13.3. The van der Waals surface area contributed by atoms with Gasteiger partial charge in [0.15, 0.2) is 5.17 Å². The van der Waals surface area contributed by atoms with E-state index in [1.807, 2.05) is 19.4 Å². The summed E-state index contributed by atoms with van der Waals surface area (Å²) in [4.78, 5) is 9.33. The Kier molecular flexibility index (Phi) is 3.90. The van der Waals surface area contributed by atoms with Crippen molar-refractivity contribution in [1.29, 1.82) is 0 Å². The third-order valence-electron chi connectivity index (χ3n) is 3.11. The average molecular weight is 264 g/mol. The molecule has 1 atom stereocenters. The highest BCUT2D eigenvalue weighted by atomic mass is 32.2. The first-order chi connectivity index (χ1) is 8.58. The Balaban J connectivity index is 2.59. The van der Waals surface area contributed by atoms with Crippen LogP contribution >= 0.6 is 11.8 Å². The second-order valence-electron chi connectivity index (χ2n) is 4.72. The van der Waals surface area contributed by atoms with Gasteiger partial charge in [0.1, 0.15) is 0 Å². The fourth-order valence-corrected chi connectivity index (χ4v) is 2.68. The molecule has 18 heavy (non-hydrogen) atoms. The highest BCUT2D eigenvalue weighted by Gasteiger charge is 2.24. The first-order valence-electron chi connectivity index (χ1n) is 6.33. The standard InChI is InChI=1S/C13H20N4S/c1-6-11-10-7-14-17(8(2)3)12(10)9(4)15-13(16-11)18-5/h7-8,11H,6H2,1-5H3. The third-order valence-corrected chi connectivity index (χ3v) is 3.68. The largest absolute Gasteiger partial charge is 0.261 e. The van der Waals surface area contributed by atoms with Crippen molar-refractivity contribution in [2.45, 2.75) is 46.2 Å². The van der Waals surface area contributed by atoms with Crippen LogP contribution in [0.15, 0.2) is 16.2 Å². The van der Waals surface area contributed by atoms with Crippen LogP contribution in [-0.2, 0) is 0 Å². The summed E-state index contributed by atoms with van der Waals surface area (Å²) in [6.07, 6.45) is 4.95. The van der Waals surface area contributed by atoms with Crippen LogP contribution in [0.5, 0.6) is 0 Å². The van der Waals surface area contributed by atoms with Gasteiger partial charge in [-0.25, -0.2) is 4.99 Å². The molecule has 0 fully saturated rings. The molecule has 1 aromatic rings. The second kappa shape index (κ2) is 5.26. The smallest absolute Gasteiger partial charge is 0.183 e. The molecular weight excluding hydrogens is 244 g/mol. The Morgan fingerprint density at radius 3 is 2.72 bits per heavy atom. The van der Waals surface area contributed by atoms with Gasteiger partial charge < -0.3 is 0 Å². The average Bonchev–Trinajstić information content (AvgIpc) is 2.73. The monoisotopic (exact) mass is 264 g/mol. The van der Waals surface area contributed by atoms with E-state index in [1.54, 1.807) is 11.8 Å². The van der Waals surface area contributed by atoms with Crippen molar-refractivity contribution in [1.82, 2.24) is 9.78 Å². The lowest BCUT2D eigenvalue weighted by Crippen LogP contribution is -2.13. The van der Waals surface area contributed by atoms with Crippen LogP contribution in [0.3, 0.4) is 0 Å². The number of rotatable bonds is 2. The van der Waals surface area contributed by atoms with Gasteiger partial charge in [-0.15, -0.1) is 0 Å². The summed E-state index contributed by atoms with van der Waals surface area (Å²) in [5.74, 6) is 0. The predicted octanol–water partition coefficient (Wildman–Crippen LogP) is 3.46. The zero-order valence-corrected chi connectivity index (χ0v) is 12.5. The van der Waals surface area contributed by atoms with Gasteiger partial charge in [-0.05, 0) is 33.4 Å². The molecule has 2 rings (SSSR count). The van der Waals surface area contributed by atoms with Gasteiger partial charge >= 0.3 is 0 Å². The van der Waals surface area contributed by atoms with E-state index in [0.29, 0.717) is 6.04 Å². The van der Waals surface area contributed by atoms with Crippen molar-refractivity contribution in [3.8, 4) is 0 Å². The van der Waals surface area contributed by atoms with E-state index >= 15 is 0 Å². The van der Waals surface area contributed by atoms with Crippen LogP contribution in [0.4, 0.5) is 0 Å². The van der Waals surface area contributed by atoms with Crippen LogP contribution in [0.25, 0.3) is 0 Å². The topological polar surface area (TPSA) is 42.5 Å². The molecule has 0 saturated heterocycles. The van der Waals surface area contributed by atoms with Crippen LogP contribution in [0, 0.1) is 0 Å². The molecule has 0 N–H and O–H groups in total. The van der Waals surface area contributed by atoms with E-state index in [-0.39, 0.29) is 6.04 Å². The molecule has 0 amide bonds. The molecule has 0 aliphatic carbocycles. The molecule has 1 aliphatic rings. The summed E-state index contributed by atoms with van der Waals surface area (Å²) in [5, 5.41) is 5.36. The molecule has 0 radical (unpaired) electrons. The van der Waals surface area contributed by atoms with Crippen LogP contribution in [0.2, 0.25) is 0 Å². The lowest BCUT2D eigenvalue weighted by molar-refractivity contribution is 0.527. The Labute approximate surface area is 113 Å². The molecule has 2 heterocycles. The van der Waals surface area contributed by atoms with Crippen molar-refractivity contribution >= 4 is 22.6 Å². The van der Waals surface area contributed by atoms with Gasteiger partial charge in [-0.2, -0.15) is 5.10 Å². The maximum absolute atomic E-state index is 4.72. The normalized spacial score (nSPS) is 19.3. The number of nitrogens with zero attached hydrogens (tertiary/aromatic N) is 4. The van der Waals surface area contributed by atoms with Crippen molar-refractivity contribution in [3.05, 3.63) is 17.5 Å². The van der Waals surface area contributed by atoms with Gasteiger partial charge in [0.25, 0.3) is 0 Å². The molecule has 1 aliphatic heterocycles. The van der Waals surface area contributed by atoms with Gasteiger partial charge in [-0.3, -0.25) is 9.67 Å². The van der Waals surface area contributed by atoms with Crippen molar-refractivity contribution in [2.24, 2.45) is 9.98 Å². The second-order valence-corrected chi connectivity index (χ2v) is 5.50. The van der Waals surface area contributed by atoms with Gasteiger partial charge in [-0.1, -0.05) is 18.7 Å². The maximum atomic E-state index is 4.72. The van der Waals surface area contributed by atoms with Crippen LogP contribution in [0.1, 0.15) is 57.5 Å². The van der Waals surface area contributed by atoms with Gasteiger partial charge in [0, 0.05) is 11.6 Å². The Morgan fingerprint density at radius 2 is 2.17 bits per heavy atom. The van der Waals surface area contributed by atoms with Crippen molar-refractivity contribution in [2.75, 3.05) is 6.26 Å². The zero-order valence-electron chi connectivity index (χ0n) is 11.6. The van der Waals surface area contributed by atoms with E-state index in [1.165, 1.54) is 5.56 Å². The lowest BCUT2D eigenvalue weighted by Gasteiger charge is -2.13. The molecule has 0 spiro atoms. The minimum absolute atomic E-state index is 0.177. The van der Waals surface area contributed by atoms with Crippen LogP contribution in [-0.4, -0.2) is 26.9 Å². The van der Waals surface area contributed by atoms with E-state index in [2.05, 4.69) is 35.5 Å². The fourth-order valence-electron chi connectivity index (χ4n) is 2.22. The fraction of sp³-hybridized carbons (Fsp3) is 0.615. The van der Waals surface area contributed by atoms with E-state index in [4.69, 9.17) is 4.99 Å². The molecule has 1 aromatic heterocycles. The summed E-state index contributed by atoms with van der Waals surface area (Å²) in [6, 6.07) is 0.517. The quantitative estimate of drug-likeness (QED) is 0.821. The number of fused-ring (bicyclic) bond motifs is 1. The molecular formula is C13H20N4S. The van der Waals surface area contributed by atoms with Gasteiger partial charge in [0.05, 0.1) is 23.6 Å². The Hall–Kier alpha value is -1.10. The van der Waals surface area contributed by atoms with E-state index < -0.39 is 0 Å². The minimum Gasteiger partial charge on any atom is -0.261 e. The van der Waals surface area contributed by atoms with Gasteiger partial charge in [0.2, 0.25) is 0 Å². The van der Waals surface area contributed by atoms with E-state index in [0.717, 1.165) is 23.0 Å². The lowest BCUT2D eigenvalue weighted by atomic mass is 10.0. The number of hydrogen-bond donors (Lipinski definition) is 0. The SMILES string of the molecule is CCC1N=C(SC)N=C(C)c2c1cnn2C(C)C. The Morgan fingerprint density at radius 1 is 1.44 bits per heavy atom. The summed E-state index contributed by atoms with van der Waals surface area (Å²) in [6.45, 7) is 8.48. The van der Waals surface area contributed by atoms with Crippen molar-refractivity contribution < 1.29 is 0 Å². The number of thioether (sulfide) groups is 1. The highest BCUT2D eigenvalue weighted by molar-refractivity contribution is 8.13. The molecule has 0 saturated carbocycles. The summed E-state index contributed by atoms with van der Waals surface area (Å²) in [7, 11) is 0. The summed E-state index contributed by atoms with van der Waals surface area (Å²) < 4.78 is 2.05. The molecule has 0 aromatic carbocycles. The first-order valence-corrected chi connectivity index (χ1v) is 7.55. The highest BCUT2D eigenvalue weighted by Crippen LogP contribution is 2.30. The molecule has 98 valence electrons. The van der Waals surface area contributed by atoms with Crippen LogP contribution < -0.4 is 0 Å². The Bertz CT molecular complexity index is 499.